The molecular weight excluding hydrogens is 202 g/mol. The van der Waals surface area contributed by atoms with Crippen LogP contribution in [0.25, 0.3) is 0 Å². The van der Waals surface area contributed by atoms with Crippen molar-refractivity contribution in [1.29, 1.82) is 0 Å². The highest BCUT2D eigenvalue weighted by Gasteiger charge is 2.05. The largest absolute Gasteiger partial charge is 0.469 e. The van der Waals surface area contributed by atoms with Crippen LogP contribution in [-0.2, 0) is 9.53 Å². The Morgan fingerprint density at radius 3 is 1.94 bits per heavy atom. The van der Waals surface area contributed by atoms with Crippen LogP contribution in [0, 0.1) is 0 Å². The Balaban J connectivity index is 3.67. The van der Waals surface area contributed by atoms with E-state index in [9.17, 15) is 4.79 Å². The van der Waals surface area contributed by atoms with Crippen LogP contribution in [-0.4, -0.2) is 37.6 Å². The molecule has 0 aliphatic rings. The first-order valence-electron chi connectivity index (χ1n) is 6.53. The van der Waals surface area contributed by atoms with Crippen LogP contribution >= 0.6 is 0 Å². The highest BCUT2D eigenvalue weighted by molar-refractivity contribution is 5.69. The third-order valence-corrected chi connectivity index (χ3v) is 2.74. The summed E-state index contributed by atoms with van der Waals surface area (Å²) in [6, 6.07) is 0. The normalized spacial score (nSPS) is 10.8. The Morgan fingerprint density at radius 2 is 1.50 bits per heavy atom. The van der Waals surface area contributed by atoms with Gasteiger partial charge in [0.05, 0.1) is 7.11 Å². The number of methoxy groups -OCH3 is 1. The lowest BCUT2D eigenvalue weighted by molar-refractivity contribution is -0.140. The Hall–Kier alpha value is -0.570. The van der Waals surface area contributed by atoms with Gasteiger partial charge in [-0.1, -0.05) is 26.7 Å². The molecule has 0 aromatic rings. The number of rotatable bonds is 10. The molecule has 96 valence electrons. The van der Waals surface area contributed by atoms with E-state index >= 15 is 0 Å². The van der Waals surface area contributed by atoms with Crippen molar-refractivity contribution in [3.8, 4) is 0 Å². The van der Waals surface area contributed by atoms with Crippen molar-refractivity contribution in [2.45, 2.75) is 52.4 Å². The lowest BCUT2D eigenvalue weighted by Crippen LogP contribution is -2.27. The molecule has 0 radical (unpaired) electrons. The topological polar surface area (TPSA) is 29.5 Å². The van der Waals surface area contributed by atoms with Crippen LogP contribution in [0.2, 0.25) is 0 Å². The Labute approximate surface area is 100 Å². The van der Waals surface area contributed by atoms with Crippen LogP contribution in [0.1, 0.15) is 52.4 Å². The summed E-state index contributed by atoms with van der Waals surface area (Å²) >= 11 is 0. The Bertz CT molecular complexity index is 163. The number of hydrogen-bond donors (Lipinski definition) is 0. The monoisotopic (exact) mass is 229 g/mol. The number of hydrogen-bond acceptors (Lipinski definition) is 3. The Morgan fingerprint density at radius 1 is 1.00 bits per heavy atom. The highest BCUT2D eigenvalue weighted by Crippen LogP contribution is 2.02. The van der Waals surface area contributed by atoms with Crippen molar-refractivity contribution >= 4 is 5.97 Å². The first-order chi connectivity index (χ1) is 7.74. The van der Waals surface area contributed by atoms with Crippen molar-refractivity contribution in [2.75, 3.05) is 26.7 Å². The lowest BCUT2D eigenvalue weighted by atomic mass is 10.2. The van der Waals surface area contributed by atoms with Crippen molar-refractivity contribution in [1.82, 2.24) is 4.90 Å². The van der Waals surface area contributed by atoms with E-state index in [1.54, 1.807) is 0 Å². The molecule has 0 atom stereocenters. The third-order valence-electron chi connectivity index (χ3n) is 2.74. The maximum atomic E-state index is 11.0. The van der Waals surface area contributed by atoms with E-state index in [1.807, 2.05) is 0 Å². The highest BCUT2D eigenvalue weighted by atomic mass is 16.5. The van der Waals surface area contributed by atoms with Gasteiger partial charge in [0.1, 0.15) is 0 Å². The van der Waals surface area contributed by atoms with Gasteiger partial charge in [-0.2, -0.15) is 0 Å². The third kappa shape index (κ3) is 8.72. The number of unbranched alkanes of at least 4 members (excludes halogenated alkanes) is 2. The second-order valence-corrected chi connectivity index (χ2v) is 4.23. The van der Waals surface area contributed by atoms with Crippen LogP contribution < -0.4 is 0 Å². The summed E-state index contributed by atoms with van der Waals surface area (Å²) in [7, 11) is 1.45. The summed E-state index contributed by atoms with van der Waals surface area (Å²) in [5, 5.41) is 0. The molecule has 0 unspecified atom stereocenters. The van der Waals surface area contributed by atoms with Gasteiger partial charge in [0, 0.05) is 6.42 Å². The quantitative estimate of drug-likeness (QED) is 0.539. The fraction of sp³-hybridized carbons (Fsp3) is 0.923. The van der Waals surface area contributed by atoms with Crippen LogP contribution in [0.5, 0.6) is 0 Å². The van der Waals surface area contributed by atoms with Gasteiger partial charge >= 0.3 is 5.97 Å². The summed E-state index contributed by atoms with van der Waals surface area (Å²) in [5.41, 5.74) is 0. The first kappa shape index (κ1) is 15.4. The van der Waals surface area contributed by atoms with Gasteiger partial charge in [0.15, 0.2) is 0 Å². The molecule has 0 saturated heterocycles. The SMILES string of the molecule is CCCCN(CCCC)CCCC(=O)OC. The second-order valence-electron chi connectivity index (χ2n) is 4.23. The molecule has 0 heterocycles. The fourth-order valence-corrected chi connectivity index (χ4v) is 1.65. The number of ether oxygens (including phenoxy) is 1. The summed E-state index contributed by atoms with van der Waals surface area (Å²) in [6.45, 7) is 7.78. The summed E-state index contributed by atoms with van der Waals surface area (Å²) in [6.07, 6.45) is 6.44. The zero-order valence-corrected chi connectivity index (χ0v) is 11.1. The minimum Gasteiger partial charge on any atom is -0.469 e. The van der Waals surface area contributed by atoms with E-state index in [2.05, 4.69) is 23.5 Å². The van der Waals surface area contributed by atoms with Crippen LogP contribution in [0.3, 0.4) is 0 Å². The molecule has 0 amide bonds. The lowest BCUT2D eigenvalue weighted by Gasteiger charge is -2.21. The fourth-order valence-electron chi connectivity index (χ4n) is 1.65. The predicted octanol–water partition coefficient (Wildman–Crippen LogP) is 2.84. The molecule has 0 aromatic carbocycles. The van der Waals surface area contributed by atoms with Gasteiger partial charge in [-0.15, -0.1) is 0 Å². The molecule has 0 aliphatic carbocycles. The molecule has 0 aliphatic heterocycles. The standard InChI is InChI=1S/C13H27NO2/c1-4-6-10-14(11-7-5-2)12-8-9-13(15)16-3/h4-12H2,1-3H3. The molecule has 0 N–H and O–H groups in total. The van der Waals surface area contributed by atoms with Gasteiger partial charge < -0.3 is 9.64 Å². The summed E-state index contributed by atoms with van der Waals surface area (Å²) in [4.78, 5) is 13.4. The number of esters is 1. The van der Waals surface area contributed by atoms with E-state index < -0.39 is 0 Å². The molecule has 0 spiro atoms. The Kier molecular flexibility index (Phi) is 10.5. The van der Waals surface area contributed by atoms with E-state index in [0.717, 1.165) is 26.1 Å². The van der Waals surface area contributed by atoms with E-state index in [4.69, 9.17) is 0 Å². The molecule has 0 saturated carbocycles. The van der Waals surface area contributed by atoms with E-state index in [1.165, 1.54) is 32.8 Å². The van der Waals surface area contributed by atoms with Gasteiger partial charge in [-0.05, 0) is 38.9 Å². The predicted molar refractivity (Wildman–Crippen MR) is 67.5 cm³/mol. The average Bonchev–Trinajstić information content (AvgIpc) is 2.31. The number of nitrogens with zero attached hydrogens (tertiary/aromatic N) is 1. The molecule has 0 fully saturated rings. The molecule has 16 heavy (non-hydrogen) atoms. The second kappa shape index (κ2) is 10.9. The van der Waals surface area contributed by atoms with Gasteiger partial charge in [-0.25, -0.2) is 0 Å². The summed E-state index contributed by atoms with van der Waals surface area (Å²) in [5.74, 6) is -0.0917. The molecule has 0 aromatic heterocycles. The molecular formula is C13H27NO2. The smallest absolute Gasteiger partial charge is 0.305 e. The molecule has 3 heteroatoms. The zero-order valence-electron chi connectivity index (χ0n) is 11.1. The average molecular weight is 229 g/mol. The minimum absolute atomic E-state index is 0.0917. The first-order valence-corrected chi connectivity index (χ1v) is 6.53. The number of carbonyl (C=O) groups is 1. The molecule has 0 rings (SSSR count). The van der Waals surface area contributed by atoms with E-state index in [-0.39, 0.29) is 5.97 Å². The molecule has 3 nitrogen and oxygen atoms in total. The van der Waals surface area contributed by atoms with Gasteiger partial charge in [-0.3, -0.25) is 4.79 Å². The van der Waals surface area contributed by atoms with Gasteiger partial charge in [0.25, 0.3) is 0 Å². The summed E-state index contributed by atoms with van der Waals surface area (Å²) < 4.78 is 4.64. The van der Waals surface area contributed by atoms with Crippen molar-refractivity contribution in [3.05, 3.63) is 0 Å². The van der Waals surface area contributed by atoms with Gasteiger partial charge in [0.2, 0.25) is 0 Å². The number of carbonyl (C=O) groups excluding carboxylic acids is 1. The minimum atomic E-state index is -0.0917. The maximum absolute atomic E-state index is 11.0. The maximum Gasteiger partial charge on any atom is 0.305 e. The van der Waals surface area contributed by atoms with Crippen molar-refractivity contribution < 1.29 is 9.53 Å². The van der Waals surface area contributed by atoms with Crippen molar-refractivity contribution in [2.24, 2.45) is 0 Å². The van der Waals surface area contributed by atoms with E-state index in [0.29, 0.717) is 6.42 Å². The van der Waals surface area contributed by atoms with Crippen LogP contribution in [0.15, 0.2) is 0 Å². The molecule has 0 bridgehead atoms. The van der Waals surface area contributed by atoms with Crippen LogP contribution in [0.4, 0.5) is 0 Å². The van der Waals surface area contributed by atoms with Crippen molar-refractivity contribution in [3.63, 3.8) is 0 Å². The zero-order chi connectivity index (χ0) is 12.2.